The molecule has 0 aromatic carbocycles. The normalized spacial score (nSPS) is 14.3. The molecular formula is C2H3F4NO5S2. The highest BCUT2D eigenvalue weighted by atomic mass is 32.3. The smallest absolute Gasteiger partial charge is 0.285 e. The zero-order valence-corrected chi connectivity index (χ0v) is 7.64. The van der Waals surface area contributed by atoms with Gasteiger partial charge in [0.05, 0.1) is 0 Å². The predicted molar refractivity (Wildman–Crippen MR) is 33.5 cm³/mol. The number of alkyl halides is 4. The van der Waals surface area contributed by atoms with Gasteiger partial charge < -0.3 is 0 Å². The number of hydrogen-bond donors (Lipinski definition) is 1. The average molecular weight is 261 g/mol. The van der Waals surface area contributed by atoms with Crippen molar-refractivity contribution < 1.29 is 39.6 Å². The Labute approximate surface area is 75.8 Å². The lowest BCUT2D eigenvalue weighted by atomic mass is 11.7. The first-order valence-electron chi connectivity index (χ1n) is 2.58. The van der Waals surface area contributed by atoms with Gasteiger partial charge in [0.2, 0.25) is 0 Å². The zero-order valence-electron chi connectivity index (χ0n) is 6.01. The molecule has 0 aliphatic rings. The molecule has 0 spiro atoms. The fourth-order valence-corrected chi connectivity index (χ4v) is 2.10. The minimum Gasteiger partial charge on any atom is -0.285 e. The fourth-order valence-electron chi connectivity index (χ4n) is 0.281. The van der Waals surface area contributed by atoms with E-state index in [1.807, 2.05) is 0 Å². The molecule has 86 valence electrons. The molecule has 1 N–H and O–H groups in total. The lowest BCUT2D eigenvalue weighted by molar-refractivity contribution is 0.0704. The summed E-state index contributed by atoms with van der Waals surface area (Å²) in [7, 11) is -12.0. The van der Waals surface area contributed by atoms with E-state index in [0.29, 0.717) is 0 Å². The maximum Gasteiger partial charge on any atom is 0.353 e. The van der Waals surface area contributed by atoms with Crippen LogP contribution in [0.25, 0.3) is 0 Å². The van der Waals surface area contributed by atoms with Crippen LogP contribution >= 0.6 is 0 Å². The molecule has 0 fully saturated rings. The highest BCUT2D eigenvalue weighted by Gasteiger charge is 2.44. The van der Waals surface area contributed by atoms with Crippen LogP contribution in [0.5, 0.6) is 0 Å². The second-order valence-corrected chi connectivity index (χ2v) is 5.48. The van der Waals surface area contributed by atoms with Crippen molar-refractivity contribution in [1.29, 1.82) is 0 Å². The number of nitrogens with zero attached hydrogens (tertiary/aromatic N) is 1. The summed E-state index contributed by atoms with van der Waals surface area (Å²) in [5, 5.41) is 8.14. The molecule has 0 aliphatic carbocycles. The minimum absolute atomic E-state index is 2.03. The summed E-state index contributed by atoms with van der Waals surface area (Å²) in [5.41, 5.74) is 0. The van der Waals surface area contributed by atoms with Gasteiger partial charge in [-0.1, -0.05) is 0 Å². The molecule has 0 saturated heterocycles. The van der Waals surface area contributed by atoms with Crippen LogP contribution in [0, 0.1) is 0 Å². The summed E-state index contributed by atoms with van der Waals surface area (Å²) in [6.45, 7) is 0. The molecule has 0 unspecified atom stereocenters. The van der Waals surface area contributed by atoms with E-state index in [1.54, 1.807) is 0 Å². The third kappa shape index (κ3) is 2.31. The Bertz CT molecular complexity index is 348. The topological polar surface area (TPSA) is 91.8 Å². The van der Waals surface area contributed by atoms with Crippen LogP contribution in [-0.2, 0) is 20.0 Å². The molecule has 0 rings (SSSR count). The first kappa shape index (κ1) is 13.5. The van der Waals surface area contributed by atoms with Crippen molar-refractivity contribution in [3.8, 4) is 0 Å². The molecule has 14 heavy (non-hydrogen) atoms. The molecule has 6 nitrogen and oxygen atoms in total. The van der Waals surface area contributed by atoms with Gasteiger partial charge in [0.1, 0.15) is 0 Å². The number of sulfonamides is 2. The molecule has 0 amide bonds. The van der Waals surface area contributed by atoms with E-state index in [1.165, 1.54) is 0 Å². The molecule has 0 radical (unpaired) electrons. The molecule has 12 heteroatoms. The lowest BCUT2D eigenvalue weighted by Crippen LogP contribution is -2.40. The Morgan fingerprint density at radius 1 is 0.857 bits per heavy atom. The second kappa shape index (κ2) is 3.96. The van der Waals surface area contributed by atoms with Crippen molar-refractivity contribution in [2.75, 3.05) is 0 Å². The van der Waals surface area contributed by atoms with Crippen molar-refractivity contribution in [3.05, 3.63) is 0 Å². The molecule has 0 heterocycles. The molecular weight excluding hydrogens is 258 g/mol. The standard InChI is InChI=1S/C2H3F4NO5S2/c3-1(4)13(9,10)7(8)14(11,12)2(5)6/h1-2,8H. The van der Waals surface area contributed by atoms with E-state index in [9.17, 15) is 34.4 Å². The number of rotatable bonds is 4. The van der Waals surface area contributed by atoms with Crippen LogP contribution in [0.3, 0.4) is 0 Å². The van der Waals surface area contributed by atoms with Gasteiger partial charge in [-0.3, -0.25) is 5.21 Å². The molecule has 0 aliphatic heterocycles. The first-order valence-corrected chi connectivity index (χ1v) is 5.58. The van der Waals surface area contributed by atoms with Crippen molar-refractivity contribution in [1.82, 2.24) is 3.87 Å². The van der Waals surface area contributed by atoms with Crippen molar-refractivity contribution in [2.24, 2.45) is 0 Å². The fraction of sp³-hybridized carbons (Fsp3) is 1.00. The Balaban J connectivity index is 5.30. The number of hydrogen-bond acceptors (Lipinski definition) is 5. The molecule has 0 bridgehead atoms. The molecule has 0 aromatic rings. The highest BCUT2D eigenvalue weighted by molar-refractivity contribution is 8.04. The maximum absolute atomic E-state index is 11.6. The molecule has 0 saturated carbocycles. The van der Waals surface area contributed by atoms with E-state index in [0.717, 1.165) is 0 Å². The van der Waals surface area contributed by atoms with Crippen LogP contribution < -0.4 is 0 Å². The van der Waals surface area contributed by atoms with Crippen molar-refractivity contribution in [2.45, 2.75) is 11.5 Å². The van der Waals surface area contributed by atoms with Gasteiger partial charge in [0, 0.05) is 3.87 Å². The van der Waals surface area contributed by atoms with Crippen LogP contribution in [-0.4, -0.2) is 37.4 Å². The third-order valence-electron chi connectivity index (χ3n) is 0.886. The van der Waals surface area contributed by atoms with Gasteiger partial charge in [0.25, 0.3) is 0 Å². The largest absolute Gasteiger partial charge is 0.353 e. The Morgan fingerprint density at radius 2 is 1.07 bits per heavy atom. The van der Waals surface area contributed by atoms with Crippen molar-refractivity contribution >= 4 is 20.0 Å². The predicted octanol–water partition coefficient (Wildman–Crippen LogP) is -0.218. The monoisotopic (exact) mass is 261 g/mol. The lowest BCUT2D eigenvalue weighted by Gasteiger charge is -2.13. The average Bonchev–Trinajstić information content (AvgIpc) is 2.02. The summed E-state index contributed by atoms with van der Waals surface area (Å²) in [6, 6.07) is 0. The molecule has 0 aromatic heterocycles. The van der Waals surface area contributed by atoms with Gasteiger partial charge in [-0.15, -0.1) is 0 Å². The van der Waals surface area contributed by atoms with E-state index >= 15 is 0 Å². The summed E-state index contributed by atoms with van der Waals surface area (Å²) < 4.78 is 85.0. The maximum atomic E-state index is 11.6. The zero-order chi connectivity index (χ0) is 11.7. The van der Waals surface area contributed by atoms with Gasteiger partial charge in [-0.2, -0.15) is 17.6 Å². The Hall–Kier alpha value is -0.460. The van der Waals surface area contributed by atoms with Gasteiger partial charge in [-0.25, -0.2) is 16.8 Å². The Kier molecular flexibility index (Phi) is 3.83. The summed E-state index contributed by atoms with van der Waals surface area (Å²) >= 11 is 0. The number of halogens is 4. The van der Waals surface area contributed by atoms with Gasteiger partial charge >= 0.3 is 31.6 Å². The van der Waals surface area contributed by atoms with Crippen LogP contribution in [0.4, 0.5) is 17.6 Å². The van der Waals surface area contributed by atoms with Gasteiger partial charge in [-0.05, 0) is 0 Å². The Morgan fingerprint density at radius 3 is 1.21 bits per heavy atom. The minimum atomic E-state index is -5.99. The van der Waals surface area contributed by atoms with E-state index in [4.69, 9.17) is 5.21 Å². The van der Waals surface area contributed by atoms with Crippen molar-refractivity contribution in [3.63, 3.8) is 0 Å². The van der Waals surface area contributed by atoms with E-state index in [2.05, 4.69) is 0 Å². The van der Waals surface area contributed by atoms with E-state index in [-0.39, 0.29) is 0 Å². The van der Waals surface area contributed by atoms with E-state index < -0.39 is 35.4 Å². The quantitative estimate of drug-likeness (QED) is 0.558. The van der Waals surface area contributed by atoms with Gasteiger partial charge in [0.15, 0.2) is 0 Å². The van der Waals surface area contributed by atoms with Crippen LogP contribution in [0.1, 0.15) is 0 Å². The SMILES string of the molecule is O=S(=O)(C(F)F)N(O)S(=O)(=O)C(F)F. The summed E-state index contributed by atoms with van der Waals surface area (Å²) in [4.78, 5) is 0. The summed E-state index contributed by atoms with van der Waals surface area (Å²) in [6.07, 6.45) is 0. The summed E-state index contributed by atoms with van der Waals surface area (Å²) in [5.74, 6) is -8.64. The highest BCUT2D eigenvalue weighted by Crippen LogP contribution is 2.18. The van der Waals surface area contributed by atoms with Crippen LogP contribution in [0.15, 0.2) is 0 Å². The van der Waals surface area contributed by atoms with Crippen LogP contribution in [0.2, 0.25) is 0 Å². The third-order valence-corrected chi connectivity index (χ3v) is 3.90. The molecule has 0 atom stereocenters. The second-order valence-electron chi connectivity index (χ2n) is 1.79. The first-order chi connectivity index (χ1) is 6.04.